The molecule has 0 radical (unpaired) electrons. The maximum atomic E-state index is 11.7. The highest BCUT2D eigenvalue weighted by molar-refractivity contribution is 5.69. The molecule has 0 amide bonds. The number of carbonyl (C=O) groups is 1. The lowest BCUT2D eigenvalue weighted by atomic mass is 10.1. The molecule has 0 rings (SSSR count). The second-order valence-corrected chi connectivity index (χ2v) is 7.13. The molecule has 0 saturated carbocycles. The first kappa shape index (κ1) is 22.9. The summed E-state index contributed by atoms with van der Waals surface area (Å²) in [6, 6.07) is 0. The monoisotopic (exact) mass is 336 g/mol. The lowest BCUT2D eigenvalue weighted by Crippen LogP contribution is -2.04. The molecule has 0 unspecified atom stereocenters. The minimum Gasteiger partial charge on any atom is -0.461 e. The third kappa shape index (κ3) is 17.3. The predicted octanol–water partition coefficient (Wildman–Crippen LogP) is 7.14. The van der Waals surface area contributed by atoms with Crippen molar-refractivity contribution in [3.05, 3.63) is 23.3 Å². The molecule has 0 aromatic carbocycles. The first-order chi connectivity index (χ1) is 11.6. The molecule has 0 heterocycles. The van der Waals surface area contributed by atoms with Crippen LogP contribution in [-0.2, 0) is 9.53 Å². The number of hydrogen-bond donors (Lipinski definition) is 0. The first-order valence-electron chi connectivity index (χ1n) is 10.0. The van der Waals surface area contributed by atoms with Crippen LogP contribution < -0.4 is 0 Å². The lowest BCUT2D eigenvalue weighted by Gasteiger charge is -2.04. The van der Waals surface area contributed by atoms with Crippen LogP contribution in [0.15, 0.2) is 23.3 Å². The van der Waals surface area contributed by atoms with Gasteiger partial charge in [-0.15, -0.1) is 0 Å². The molecule has 2 heteroatoms. The zero-order chi connectivity index (χ0) is 18.0. The zero-order valence-corrected chi connectivity index (χ0v) is 16.7. The van der Waals surface area contributed by atoms with Gasteiger partial charge in [-0.1, -0.05) is 75.5 Å². The SMILES string of the molecule is CCCCCCCCCCCC(=O)OC/C=C(/C)CCC=C(C)C. The van der Waals surface area contributed by atoms with Gasteiger partial charge in [-0.3, -0.25) is 4.79 Å². The van der Waals surface area contributed by atoms with Crippen LogP contribution in [0.4, 0.5) is 0 Å². The lowest BCUT2D eigenvalue weighted by molar-refractivity contribution is -0.142. The van der Waals surface area contributed by atoms with Crippen molar-refractivity contribution >= 4 is 5.97 Å². The second-order valence-electron chi connectivity index (χ2n) is 7.13. The molecule has 0 aliphatic heterocycles. The summed E-state index contributed by atoms with van der Waals surface area (Å²) in [5.74, 6) is -0.0497. The maximum Gasteiger partial charge on any atom is 0.306 e. The molecule has 0 saturated heterocycles. The van der Waals surface area contributed by atoms with Gasteiger partial charge in [0.05, 0.1) is 0 Å². The van der Waals surface area contributed by atoms with Crippen molar-refractivity contribution < 1.29 is 9.53 Å². The Morgan fingerprint density at radius 3 is 1.96 bits per heavy atom. The number of ether oxygens (including phenoxy) is 1. The maximum absolute atomic E-state index is 11.7. The summed E-state index contributed by atoms with van der Waals surface area (Å²) in [4.78, 5) is 11.7. The van der Waals surface area contributed by atoms with E-state index in [0.29, 0.717) is 13.0 Å². The Hall–Kier alpha value is -1.05. The Bertz CT molecular complexity index is 362. The van der Waals surface area contributed by atoms with Crippen LogP contribution in [-0.4, -0.2) is 12.6 Å². The summed E-state index contributed by atoms with van der Waals surface area (Å²) in [6.07, 6.45) is 18.4. The van der Waals surface area contributed by atoms with Gasteiger partial charge in [0, 0.05) is 6.42 Å². The molecule has 0 aromatic rings. The highest BCUT2D eigenvalue weighted by Crippen LogP contribution is 2.11. The molecule has 2 nitrogen and oxygen atoms in total. The van der Waals surface area contributed by atoms with Crippen molar-refractivity contribution in [1.29, 1.82) is 0 Å². The smallest absolute Gasteiger partial charge is 0.306 e. The summed E-state index contributed by atoms with van der Waals surface area (Å²) in [5.41, 5.74) is 2.65. The number of allylic oxidation sites excluding steroid dienone is 3. The van der Waals surface area contributed by atoms with Gasteiger partial charge < -0.3 is 4.74 Å². The van der Waals surface area contributed by atoms with E-state index < -0.39 is 0 Å². The van der Waals surface area contributed by atoms with E-state index in [1.165, 1.54) is 56.1 Å². The molecular formula is C22H40O2. The van der Waals surface area contributed by atoms with Gasteiger partial charge in [0.25, 0.3) is 0 Å². The topological polar surface area (TPSA) is 26.3 Å². The average Bonchev–Trinajstić information content (AvgIpc) is 2.53. The number of rotatable bonds is 15. The van der Waals surface area contributed by atoms with E-state index in [-0.39, 0.29) is 5.97 Å². The van der Waals surface area contributed by atoms with Crippen molar-refractivity contribution in [3.8, 4) is 0 Å². The molecule has 0 aliphatic carbocycles. The number of unbranched alkanes of at least 4 members (excludes halogenated alkanes) is 8. The molecule has 0 bridgehead atoms. The zero-order valence-electron chi connectivity index (χ0n) is 16.7. The Labute approximate surface area is 150 Å². The molecule has 140 valence electrons. The fraction of sp³-hybridized carbons (Fsp3) is 0.773. The van der Waals surface area contributed by atoms with Gasteiger partial charge in [-0.25, -0.2) is 0 Å². The fourth-order valence-electron chi connectivity index (χ4n) is 2.62. The molecule has 0 fully saturated rings. The Kier molecular flexibility index (Phi) is 16.1. The first-order valence-corrected chi connectivity index (χ1v) is 10.0. The van der Waals surface area contributed by atoms with Crippen molar-refractivity contribution in [3.63, 3.8) is 0 Å². The molecule has 0 aromatic heterocycles. The van der Waals surface area contributed by atoms with Crippen molar-refractivity contribution in [2.75, 3.05) is 6.61 Å². The van der Waals surface area contributed by atoms with Crippen LogP contribution >= 0.6 is 0 Å². The van der Waals surface area contributed by atoms with Gasteiger partial charge >= 0.3 is 5.97 Å². The molecule has 0 aliphatic rings. The largest absolute Gasteiger partial charge is 0.461 e. The van der Waals surface area contributed by atoms with E-state index in [1.807, 2.05) is 6.08 Å². The Balaban J connectivity index is 3.48. The van der Waals surface area contributed by atoms with Crippen LogP contribution in [0, 0.1) is 0 Å². The number of hydrogen-bond acceptors (Lipinski definition) is 2. The summed E-state index contributed by atoms with van der Waals surface area (Å²) in [5, 5.41) is 0. The minimum atomic E-state index is -0.0497. The third-order valence-electron chi connectivity index (χ3n) is 4.25. The normalized spacial score (nSPS) is 11.4. The molecule has 0 atom stereocenters. The summed E-state index contributed by atoms with van der Waals surface area (Å²) in [7, 11) is 0. The van der Waals surface area contributed by atoms with Gasteiger partial charge in [0.2, 0.25) is 0 Å². The van der Waals surface area contributed by atoms with Crippen LogP contribution in [0.5, 0.6) is 0 Å². The molecule has 0 spiro atoms. The third-order valence-corrected chi connectivity index (χ3v) is 4.25. The van der Waals surface area contributed by atoms with Crippen LogP contribution in [0.1, 0.15) is 105 Å². The standard InChI is InChI=1S/C22H40O2/c1-5-6-7-8-9-10-11-12-13-17-22(23)24-19-18-21(4)16-14-15-20(2)3/h15,18H,5-14,16-17,19H2,1-4H3/b21-18-. The fourth-order valence-corrected chi connectivity index (χ4v) is 2.62. The number of carbonyl (C=O) groups excluding carboxylic acids is 1. The van der Waals surface area contributed by atoms with Gasteiger partial charge in [0.15, 0.2) is 0 Å². The van der Waals surface area contributed by atoms with Gasteiger partial charge in [-0.2, -0.15) is 0 Å². The van der Waals surface area contributed by atoms with Crippen molar-refractivity contribution in [1.82, 2.24) is 0 Å². The minimum absolute atomic E-state index is 0.0497. The van der Waals surface area contributed by atoms with Crippen LogP contribution in [0.3, 0.4) is 0 Å². The van der Waals surface area contributed by atoms with E-state index in [4.69, 9.17) is 4.74 Å². The quantitative estimate of drug-likeness (QED) is 0.180. The van der Waals surface area contributed by atoms with Crippen LogP contribution in [0.2, 0.25) is 0 Å². The van der Waals surface area contributed by atoms with E-state index in [2.05, 4.69) is 33.8 Å². The Morgan fingerprint density at radius 1 is 0.792 bits per heavy atom. The molecular weight excluding hydrogens is 296 g/mol. The highest BCUT2D eigenvalue weighted by atomic mass is 16.5. The summed E-state index contributed by atoms with van der Waals surface area (Å²) in [6.45, 7) is 9.02. The van der Waals surface area contributed by atoms with E-state index in [1.54, 1.807) is 0 Å². The van der Waals surface area contributed by atoms with E-state index >= 15 is 0 Å². The second kappa shape index (κ2) is 16.8. The Morgan fingerprint density at radius 2 is 1.38 bits per heavy atom. The average molecular weight is 337 g/mol. The van der Waals surface area contributed by atoms with Crippen molar-refractivity contribution in [2.45, 2.75) is 105 Å². The highest BCUT2D eigenvalue weighted by Gasteiger charge is 2.01. The predicted molar refractivity (Wildman–Crippen MR) is 105 cm³/mol. The van der Waals surface area contributed by atoms with Gasteiger partial charge in [0.1, 0.15) is 6.61 Å². The van der Waals surface area contributed by atoms with Crippen LogP contribution in [0.25, 0.3) is 0 Å². The number of esters is 1. The van der Waals surface area contributed by atoms with E-state index in [9.17, 15) is 4.79 Å². The molecule has 0 N–H and O–H groups in total. The van der Waals surface area contributed by atoms with Crippen molar-refractivity contribution in [2.24, 2.45) is 0 Å². The summed E-state index contributed by atoms with van der Waals surface area (Å²) < 4.78 is 5.28. The molecule has 24 heavy (non-hydrogen) atoms. The van der Waals surface area contributed by atoms with Gasteiger partial charge in [-0.05, 0) is 46.1 Å². The van der Waals surface area contributed by atoms with E-state index in [0.717, 1.165) is 25.7 Å². The summed E-state index contributed by atoms with van der Waals surface area (Å²) >= 11 is 0.